The highest BCUT2D eigenvalue weighted by atomic mass is 32.2. The van der Waals surface area contributed by atoms with Crippen LogP contribution in [0.25, 0.3) is 16.6 Å². The topological polar surface area (TPSA) is 61.8 Å². The second-order valence-corrected chi connectivity index (χ2v) is 6.30. The number of halogens is 2. The van der Waals surface area contributed by atoms with Crippen LogP contribution in [0.15, 0.2) is 53.1 Å². The molecule has 1 N–H and O–H groups in total. The molecule has 0 spiro atoms. The molecule has 0 atom stereocenters. The van der Waals surface area contributed by atoms with E-state index < -0.39 is 11.6 Å². The molecule has 25 heavy (non-hydrogen) atoms. The zero-order valence-corrected chi connectivity index (χ0v) is 14.0. The molecule has 7 heteroatoms. The summed E-state index contributed by atoms with van der Waals surface area (Å²) >= 11 is 0.977. The van der Waals surface area contributed by atoms with E-state index in [-0.39, 0.29) is 22.0 Å². The van der Waals surface area contributed by atoms with Crippen LogP contribution < -0.4 is 0 Å². The Morgan fingerprint density at radius 3 is 2.72 bits per heavy atom. The highest BCUT2D eigenvalue weighted by Gasteiger charge is 2.17. The molecule has 0 saturated carbocycles. The van der Waals surface area contributed by atoms with E-state index in [1.54, 1.807) is 11.6 Å². The SMILES string of the molecule is Cn1c(/C(C#N)=C(\O)CSc2ccc(F)cc2F)nc2ccccc21. The van der Waals surface area contributed by atoms with Crippen LogP contribution in [0, 0.1) is 23.0 Å². The number of hydrogen-bond donors (Lipinski definition) is 1. The lowest BCUT2D eigenvalue weighted by Gasteiger charge is -2.06. The van der Waals surface area contributed by atoms with Gasteiger partial charge in [-0.3, -0.25) is 0 Å². The minimum atomic E-state index is -0.709. The normalized spacial score (nSPS) is 12.1. The van der Waals surface area contributed by atoms with E-state index in [4.69, 9.17) is 0 Å². The molecule has 2 aromatic carbocycles. The van der Waals surface area contributed by atoms with Crippen LogP contribution in [0.2, 0.25) is 0 Å². The summed E-state index contributed by atoms with van der Waals surface area (Å²) < 4.78 is 28.3. The van der Waals surface area contributed by atoms with E-state index >= 15 is 0 Å². The Hall–Kier alpha value is -2.85. The minimum absolute atomic E-state index is 0.0220. The monoisotopic (exact) mass is 357 g/mol. The number of allylic oxidation sites excluding steroid dienone is 1. The summed E-state index contributed by atoms with van der Waals surface area (Å²) in [5.41, 5.74) is 1.56. The quantitative estimate of drug-likeness (QED) is 0.426. The van der Waals surface area contributed by atoms with Crippen molar-refractivity contribution >= 4 is 28.4 Å². The van der Waals surface area contributed by atoms with Gasteiger partial charge in [0.15, 0.2) is 5.82 Å². The van der Waals surface area contributed by atoms with Crippen LogP contribution in [0.5, 0.6) is 0 Å². The Morgan fingerprint density at radius 1 is 1.28 bits per heavy atom. The average Bonchev–Trinajstić information content (AvgIpc) is 2.92. The largest absolute Gasteiger partial charge is 0.510 e. The fourth-order valence-electron chi connectivity index (χ4n) is 2.42. The standard InChI is InChI=1S/C18H13F2N3OS/c1-23-15-5-3-2-4-14(15)22-18(23)12(9-21)16(24)10-25-17-7-6-11(19)8-13(17)20/h2-8,24H,10H2,1H3/b16-12-. The molecular weight excluding hydrogens is 344 g/mol. The van der Waals surface area contributed by atoms with Crippen molar-refractivity contribution in [3.8, 4) is 6.07 Å². The fourth-order valence-corrected chi connectivity index (χ4v) is 3.22. The van der Waals surface area contributed by atoms with Crippen molar-refractivity contribution < 1.29 is 13.9 Å². The van der Waals surface area contributed by atoms with Gasteiger partial charge in [0.05, 0.1) is 16.8 Å². The Kier molecular flexibility index (Phi) is 4.72. The van der Waals surface area contributed by atoms with Gasteiger partial charge in [0.2, 0.25) is 0 Å². The zero-order valence-electron chi connectivity index (χ0n) is 13.2. The lowest BCUT2D eigenvalue weighted by molar-refractivity contribution is 0.420. The number of para-hydroxylation sites is 2. The van der Waals surface area contributed by atoms with Crippen molar-refractivity contribution in [1.82, 2.24) is 9.55 Å². The number of aryl methyl sites for hydroxylation is 1. The van der Waals surface area contributed by atoms with Crippen LogP contribution in [-0.4, -0.2) is 20.4 Å². The number of thioether (sulfide) groups is 1. The first-order chi connectivity index (χ1) is 12.0. The van der Waals surface area contributed by atoms with Crippen LogP contribution in [-0.2, 0) is 7.05 Å². The summed E-state index contributed by atoms with van der Waals surface area (Å²) in [6.45, 7) is 0. The van der Waals surface area contributed by atoms with Crippen molar-refractivity contribution in [2.45, 2.75) is 4.90 Å². The van der Waals surface area contributed by atoms with Crippen molar-refractivity contribution in [1.29, 1.82) is 5.26 Å². The van der Waals surface area contributed by atoms with E-state index in [0.717, 1.165) is 29.4 Å². The summed E-state index contributed by atoms with van der Waals surface area (Å²) in [5.74, 6) is -1.29. The lowest BCUT2D eigenvalue weighted by Crippen LogP contribution is -2.01. The van der Waals surface area contributed by atoms with E-state index in [1.165, 1.54) is 6.07 Å². The van der Waals surface area contributed by atoms with Gasteiger partial charge < -0.3 is 9.67 Å². The molecule has 0 unspecified atom stereocenters. The van der Waals surface area contributed by atoms with Gasteiger partial charge in [0.1, 0.15) is 29.0 Å². The Bertz CT molecular complexity index is 1020. The van der Waals surface area contributed by atoms with Crippen molar-refractivity contribution in [3.05, 3.63) is 65.7 Å². The van der Waals surface area contributed by atoms with Gasteiger partial charge in [0, 0.05) is 18.0 Å². The molecule has 0 amide bonds. The molecule has 1 aromatic heterocycles. The maximum atomic E-state index is 13.7. The van der Waals surface area contributed by atoms with Gasteiger partial charge in [0.25, 0.3) is 0 Å². The molecule has 0 aliphatic carbocycles. The molecule has 0 fully saturated rings. The minimum Gasteiger partial charge on any atom is -0.510 e. The number of fused-ring (bicyclic) bond motifs is 1. The molecular formula is C18H13F2N3OS. The second-order valence-electron chi connectivity index (χ2n) is 5.28. The maximum absolute atomic E-state index is 13.7. The highest BCUT2D eigenvalue weighted by molar-refractivity contribution is 7.99. The van der Waals surface area contributed by atoms with E-state index in [1.807, 2.05) is 30.3 Å². The Labute approximate surface area is 147 Å². The number of aliphatic hydroxyl groups excluding tert-OH is 1. The van der Waals surface area contributed by atoms with Gasteiger partial charge in [-0.15, -0.1) is 11.8 Å². The number of benzene rings is 2. The molecule has 1 heterocycles. The van der Waals surface area contributed by atoms with E-state index in [9.17, 15) is 19.1 Å². The predicted molar refractivity (Wildman–Crippen MR) is 93.0 cm³/mol. The van der Waals surface area contributed by atoms with Crippen LogP contribution in [0.1, 0.15) is 5.82 Å². The second kappa shape index (κ2) is 6.95. The molecule has 0 radical (unpaired) electrons. The summed E-state index contributed by atoms with van der Waals surface area (Å²) in [6.07, 6.45) is 0. The predicted octanol–water partition coefficient (Wildman–Crippen LogP) is 4.44. The average molecular weight is 357 g/mol. The molecule has 0 aliphatic heterocycles. The number of nitrogens with zero attached hydrogens (tertiary/aromatic N) is 3. The maximum Gasteiger partial charge on any atom is 0.155 e. The summed E-state index contributed by atoms with van der Waals surface area (Å²) in [4.78, 5) is 4.57. The third-order valence-electron chi connectivity index (χ3n) is 3.67. The number of nitriles is 1. The molecule has 126 valence electrons. The van der Waals surface area contributed by atoms with Gasteiger partial charge in [-0.05, 0) is 24.3 Å². The number of hydrogen-bond acceptors (Lipinski definition) is 4. The number of rotatable bonds is 4. The highest BCUT2D eigenvalue weighted by Crippen LogP contribution is 2.27. The number of aliphatic hydroxyl groups is 1. The van der Waals surface area contributed by atoms with Gasteiger partial charge in [-0.25, -0.2) is 13.8 Å². The van der Waals surface area contributed by atoms with Crippen molar-refractivity contribution in [3.63, 3.8) is 0 Å². The molecule has 0 aliphatic rings. The smallest absolute Gasteiger partial charge is 0.155 e. The molecule has 4 nitrogen and oxygen atoms in total. The van der Waals surface area contributed by atoms with Crippen LogP contribution in [0.3, 0.4) is 0 Å². The first kappa shape index (κ1) is 17.0. The molecule has 3 aromatic rings. The van der Waals surface area contributed by atoms with Crippen molar-refractivity contribution in [2.24, 2.45) is 7.05 Å². The third kappa shape index (κ3) is 3.35. The number of imidazole rings is 1. The fraction of sp³-hybridized carbons (Fsp3) is 0.111. The van der Waals surface area contributed by atoms with Gasteiger partial charge in [-0.1, -0.05) is 12.1 Å². The van der Waals surface area contributed by atoms with E-state index in [0.29, 0.717) is 11.3 Å². The van der Waals surface area contributed by atoms with Crippen LogP contribution >= 0.6 is 11.8 Å². The first-order valence-electron chi connectivity index (χ1n) is 7.33. The van der Waals surface area contributed by atoms with Crippen molar-refractivity contribution in [2.75, 3.05) is 5.75 Å². The molecule has 3 rings (SSSR count). The Balaban J connectivity index is 1.92. The lowest BCUT2D eigenvalue weighted by atomic mass is 10.2. The van der Waals surface area contributed by atoms with E-state index in [2.05, 4.69) is 4.98 Å². The summed E-state index contributed by atoms with van der Waals surface area (Å²) in [6, 6.07) is 12.5. The summed E-state index contributed by atoms with van der Waals surface area (Å²) in [5, 5.41) is 19.7. The number of aromatic nitrogens is 2. The molecule has 0 bridgehead atoms. The van der Waals surface area contributed by atoms with Gasteiger partial charge in [-0.2, -0.15) is 5.26 Å². The van der Waals surface area contributed by atoms with Crippen LogP contribution in [0.4, 0.5) is 8.78 Å². The third-order valence-corrected chi connectivity index (χ3v) is 4.73. The first-order valence-corrected chi connectivity index (χ1v) is 8.31. The summed E-state index contributed by atoms with van der Waals surface area (Å²) in [7, 11) is 1.75. The molecule has 0 saturated heterocycles. The van der Waals surface area contributed by atoms with Gasteiger partial charge >= 0.3 is 0 Å². The Morgan fingerprint density at radius 2 is 2.04 bits per heavy atom. The zero-order chi connectivity index (χ0) is 18.0.